The van der Waals surface area contributed by atoms with Crippen molar-refractivity contribution in [3.63, 3.8) is 0 Å². The van der Waals surface area contributed by atoms with Crippen molar-refractivity contribution in [2.45, 2.75) is 51.9 Å². The molecule has 23 heavy (non-hydrogen) atoms. The number of aliphatic carboxylic acids is 1. The molecule has 0 heterocycles. The van der Waals surface area contributed by atoms with Gasteiger partial charge in [0.05, 0.1) is 12.1 Å². The Morgan fingerprint density at radius 3 is 2.61 bits per heavy atom. The molecule has 3 nitrogen and oxygen atoms in total. The number of rotatable bonds is 6. The molecule has 0 saturated heterocycles. The lowest BCUT2D eigenvalue weighted by Crippen LogP contribution is -2.19. The van der Waals surface area contributed by atoms with Gasteiger partial charge in [-0.2, -0.15) is 0 Å². The highest BCUT2D eigenvalue weighted by Gasteiger charge is 2.20. The van der Waals surface area contributed by atoms with Gasteiger partial charge in [-0.3, -0.25) is 9.79 Å². The predicted octanol–water partition coefficient (Wildman–Crippen LogP) is 4.99. The molecule has 0 radical (unpaired) electrons. The maximum Gasteiger partial charge on any atom is 0.303 e. The summed E-state index contributed by atoms with van der Waals surface area (Å²) < 4.78 is 13.4. The quantitative estimate of drug-likeness (QED) is 0.751. The summed E-state index contributed by atoms with van der Waals surface area (Å²) in [5.74, 6) is -0.706. The normalized spacial score (nSPS) is 16.3. The van der Waals surface area contributed by atoms with Gasteiger partial charge in [0, 0.05) is 5.71 Å². The predicted molar refractivity (Wildman–Crippen MR) is 91.1 cm³/mol. The molecular weight excluding hydrogens is 293 g/mol. The van der Waals surface area contributed by atoms with Gasteiger partial charge in [0.15, 0.2) is 0 Å². The molecule has 0 bridgehead atoms. The molecule has 0 amide bonds. The van der Waals surface area contributed by atoms with E-state index in [4.69, 9.17) is 5.11 Å². The van der Waals surface area contributed by atoms with E-state index in [-0.39, 0.29) is 12.2 Å². The molecule has 1 saturated carbocycles. The van der Waals surface area contributed by atoms with E-state index in [0.29, 0.717) is 23.6 Å². The molecule has 1 aliphatic rings. The highest BCUT2D eigenvalue weighted by molar-refractivity contribution is 5.93. The first kappa shape index (κ1) is 17.4. The average Bonchev–Trinajstić information content (AvgIpc) is 2.54. The summed E-state index contributed by atoms with van der Waals surface area (Å²) in [4.78, 5) is 15.6. The molecular formula is C19H24FNO2. The van der Waals surface area contributed by atoms with Crippen LogP contribution in [0.5, 0.6) is 0 Å². The standard InChI is InChI=1S/C19H24FNO2/c1-13-12-16(8-9-17(13)20)14(2)21-18(10-11-19(22)23)15-6-4-3-5-7-15/h8-9,12,15H,2-7,10-11H2,1H3,(H,22,23). The Morgan fingerprint density at radius 2 is 2.00 bits per heavy atom. The second-order valence-electron chi connectivity index (χ2n) is 6.24. The zero-order valence-electron chi connectivity index (χ0n) is 13.6. The van der Waals surface area contributed by atoms with E-state index >= 15 is 0 Å². The summed E-state index contributed by atoms with van der Waals surface area (Å²) in [5, 5.41) is 8.96. The second kappa shape index (κ2) is 8.04. The topological polar surface area (TPSA) is 49.7 Å². The SMILES string of the molecule is C=C(N=C(CCC(=O)O)C1CCCCC1)c1ccc(F)c(C)c1. The highest BCUT2D eigenvalue weighted by Crippen LogP contribution is 2.28. The average molecular weight is 317 g/mol. The number of benzene rings is 1. The molecule has 0 aromatic heterocycles. The number of aliphatic imine (C=N–C) groups is 1. The Labute approximate surface area is 136 Å². The summed E-state index contributed by atoms with van der Waals surface area (Å²) in [6, 6.07) is 4.82. The first-order valence-corrected chi connectivity index (χ1v) is 8.22. The third-order valence-electron chi connectivity index (χ3n) is 4.44. The summed E-state index contributed by atoms with van der Waals surface area (Å²) >= 11 is 0. The molecule has 4 heteroatoms. The van der Waals surface area contributed by atoms with Crippen LogP contribution in [0.15, 0.2) is 29.8 Å². The van der Waals surface area contributed by atoms with Crippen LogP contribution in [0.3, 0.4) is 0 Å². The lowest BCUT2D eigenvalue weighted by atomic mass is 9.84. The van der Waals surface area contributed by atoms with E-state index in [0.717, 1.165) is 24.1 Å². The van der Waals surface area contributed by atoms with Crippen LogP contribution in [-0.4, -0.2) is 16.8 Å². The van der Waals surface area contributed by atoms with Crippen molar-refractivity contribution < 1.29 is 14.3 Å². The van der Waals surface area contributed by atoms with Gasteiger partial charge in [-0.1, -0.05) is 25.8 Å². The fraction of sp³-hybridized carbons (Fsp3) is 0.474. The minimum absolute atomic E-state index is 0.0884. The lowest BCUT2D eigenvalue weighted by molar-refractivity contribution is -0.136. The molecule has 1 aliphatic carbocycles. The Balaban J connectivity index is 2.20. The van der Waals surface area contributed by atoms with Crippen LogP contribution in [0.4, 0.5) is 4.39 Å². The molecule has 0 aliphatic heterocycles. The number of hydrogen-bond donors (Lipinski definition) is 1. The zero-order chi connectivity index (χ0) is 16.8. The Hall–Kier alpha value is -1.97. The van der Waals surface area contributed by atoms with Gasteiger partial charge in [0.1, 0.15) is 5.82 Å². The number of aryl methyl sites for hydroxylation is 1. The van der Waals surface area contributed by atoms with Crippen molar-refractivity contribution >= 4 is 17.4 Å². The van der Waals surface area contributed by atoms with Gasteiger partial charge < -0.3 is 5.11 Å². The van der Waals surface area contributed by atoms with Crippen LogP contribution in [0.2, 0.25) is 0 Å². The fourth-order valence-corrected chi connectivity index (χ4v) is 3.08. The smallest absolute Gasteiger partial charge is 0.303 e. The summed E-state index contributed by atoms with van der Waals surface area (Å²) in [5.41, 5.74) is 2.86. The van der Waals surface area contributed by atoms with Crippen molar-refractivity contribution in [1.29, 1.82) is 0 Å². The first-order valence-electron chi connectivity index (χ1n) is 8.22. The number of carboxylic acids is 1. The Bertz CT molecular complexity index is 616. The molecule has 0 unspecified atom stereocenters. The van der Waals surface area contributed by atoms with Crippen LogP contribution < -0.4 is 0 Å². The lowest BCUT2D eigenvalue weighted by Gasteiger charge is -2.23. The van der Waals surface area contributed by atoms with Crippen LogP contribution in [0.1, 0.15) is 56.1 Å². The molecule has 1 N–H and O–H groups in total. The van der Waals surface area contributed by atoms with Gasteiger partial charge >= 0.3 is 5.97 Å². The monoisotopic (exact) mass is 317 g/mol. The van der Waals surface area contributed by atoms with Crippen molar-refractivity contribution in [2.75, 3.05) is 0 Å². The van der Waals surface area contributed by atoms with Crippen LogP contribution in [0, 0.1) is 18.7 Å². The summed E-state index contributed by atoms with van der Waals surface area (Å²) in [6.45, 7) is 5.71. The number of halogens is 1. The molecule has 0 spiro atoms. The minimum atomic E-state index is -0.809. The number of hydrogen-bond acceptors (Lipinski definition) is 2. The van der Waals surface area contributed by atoms with Crippen LogP contribution in [-0.2, 0) is 4.79 Å². The molecule has 0 atom stereocenters. The summed E-state index contributed by atoms with van der Waals surface area (Å²) in [7, 11) is 0. The van der Waals surface area contributed by atoms with E-state index in [9.17, 15) is 9.18 Å². The van der Waals surface area contributed by atoms with E-state index < -0.39 is 5.97 Å². The molecule has 2 rings (SSSR count). The Kier molecular flexibility index (Phi) is 6.08. The molecule has 124 valence electrons. The Morgan fingerprint density at radius 1 is 1.30 bits per heavy atom. The highest BCUT2D eigenvalue weighted by atomic mass is 19.1. The third kappa shape index (κ3) is 5.02. The third-order valence-corrected chi connectivity index (χ3v) is 4.44. The molecule has 1 fully saturated rings. The van der Waals surface area contributed by atoms with E-state index in [1.807, 2.05) is 0 Å². The first-order chi connectivity index (χ1) is 11.0. The van der Waals surface area contributed by atoms with Crippen molar-refractivity contribution in [3.05, 3.63) is 41.7 Å². The molecule has 1 aromatic carbocycles. The van der Waals surface area contributed by atoms with Crippen LogP contribution >= 0.6 is 0 Å². The minimum Gasteiger partial charge on any atom is -0.481 e. The van der Waals surface area contributed by atoms with E-state index in [2.05, 4.69) is 11.6 Å². The zero-order valence-corrected chi connectivity index (χ0v) is 13.6. The largest absolute Gasteiger partial charge is 0.481 e. The van der Waals surface area contributed by atoms with Gasteiger partial charge in [0.25, 0.3) is 0 Å². The van der Waals surface area contributed by atoms with E-state index in [1.165, 1.54) is 25.3 Å². The van der Waals surface area contributed by atoms with E-state index in [1.54, 1.807) is 19.1 Å². The van der Waals surface area contributed by atoms with Gasteiger partial charge in [-0.15, -0.1) is 0 Å². The maximum atomic E-state index is 13.4. The maximum absolute atomic E-state index is 13.4. The summed E-state index contributed by atoms with van der Waals surface area (Å²) in [6.07, 6.45) is 6.24. The van der Waals surface area contributed by atoms with Gasteiger partial charge in [-0.05, 0) is 61.4 Å². The molecule has 1 aromatic rings. The second-order valence-corrected chi connectivity index (χ2v) is 6.24. The number of carbonyl (C=O) groups is 1. The fourth-order valence-electron chi connectivity index (χ4n) is 3.08. The van der Waals surface area contributed by atoms with Crippen molar-refractivity contribution in [1.82, 2.24) is 0 Å². The van der Waals surface area contributed by atoms with Crippen LogP contribution in [0.25, 0.3) is 5.70 Å². The van der Waals surface area contributed by atoms with Crippen molar-refractivity contribution in [3.8, 4) is 0 Å². The number of carboxylic acid groups (broad SMARTS) is 1. The number of nitrogens with zero attached hydrogens (tertiary/aromatic N) is 1. The van der Waals surface area contributed by atoms with Gasteiger partial charge in [-0.25, -0.2) is 4.39 Å². The van der Waals surface area contributed by atoms with Crippen molar-refractivity contribution in [2.24, 2.45) is 10.9 Å². The van der Waals surface area contributed by atoms with Gasteiger partial charge in [0.2, 0.25) is 0 Å².